The smallest absolute Gasteiger partial charge is 0.303 e. The van der Waals surface area contributed by atoms with Crippen LogP contribution in [0.3, 0.4) is 0 Å². The van der Waals surface area contributed by atoms with Crippen LogP contribution in [0.4, 0.5) is 0 Å². The highest BCUT2D eigenvalue weighted by Gasteiger charge is 2.01. The van der Waals surface area contributed by atoms with Crippen molar-refractivity contribution < 1.29 is 14.7 Å². The molecule has 0 radical (unpaired) electrons. The zero-order valence-electron chi connectivity index (χ0n) is 4.76. The second kappa shape index (κ2) is 4.72. The fourth-order valence-corrected chi connectivity index (χ4v) is 0.695. The number of carboxylic acid groups (broad SMARTS) is 1. The van der Waals surface area contributed by atoms with Crippen LogP contribution in [0.1, 0.15) is 12.8 Å². The molecule has 0 aliphatic rings. The van der Waals surface area contributed by atoms with Gasteiger partial charge in [0.2, 0.25) is 0 Å². The summed E-state index contributed by atoms with van der Waals surface area (Å²) in [5.41, 5.74) is 0. The summed E-state index contributed by atoms with van der Waals surface area (Å²) < 4.78 is 0.408. The van der Waals surface area contributed by atoms with Gasteiger partial charge in [-0.15, -0.1) is 0 Å². The lowest BCUT2D eigenvalue weighted by molar-refractivity contribution is -0.138. The normalized spacial score (nSPS) is 9.00. The monoisotopic (exact) mass is 242 g/mol. The Balaban J connectivity index is 3.28. The number of carbonyl (C=O) groups is 2. The Bertz CT molecular complexity index is 121. The second-order valence-corrected chi connectivity index (χ2v) is 2.33. The summed E-state index contributed by atoms with van der Waals surface area (Å²) in [7, 11) is 0. The summed E-state index contributed by atoms with van der Waals surface area (Å²) in [6.45, 7) is 0. The molecular weight excluding hydrogens is 235 g/mol. The van der Waals surface area contributed by atoms with Crippen LogP contribution in [0.5, 0.6) is 0 Å². The van der Waals surface area contributed by atoms with E-state index in [2.05, 4.69) is 0 Å². The first-order valence-electron chi connectivity index (χ1n) is 2.46. The highest BCUT2D eigenvalue weighted by Crippen LogP contribution is 1.93. The van der Waals surface area contributed by atoms with E-state index >= 15 is 0 Å². The zero-order chi connectivity index (χ0) is 7.28. The molecule has 0 aliphatic heterocycles. The van der Waals surface area contributed by atoms with Gasteiger partial charge in [-0.3, -0.25) is 9.59 Å². The van der Waals surface area contributed by atoms with E-state index in [1.165, 1.54) is 0 Å². The predicted molar refractivity (Wildman–Crippen MR) is 40.8 cm³/mol. The third-order valence-electron chi connectivity index (χ3n) is 0.767. The molecule has 0 fully saturated rings. The zero-order valence-corrected chi connectivity index (χ0v) is 6.92. The summed E-state index contributed by atoms with van der Waals surface area (Å²) in [5, 5.41) is 8.10. The Labute approximate surface area is 66.6 Å². The van der Waals surface area contributed by atoms with E-state index in [0.717, 1.165) is 0 Å². The van der Waals surface area contributed by atoms with Gasteiger partial charge in [0.15, 0.2) is 0 Å². The standard InChI is InChI=1S/C5H7IO3/c6-3-4(7)1-2-5(8)9/h1-3H2,(H,8,9). The fraction of sp³-hybridized carbons (Fsp3) is 0.600. The van der Waals surface area contributed by atoms with Crippen molar-refractivity contribution in [2.24, 2.45) is 0 Å². The van der Waals surface area contributed by atoms with Crippen LogP contribution in [-0.2, 0) is 9.59 Å². The summed E-state index contributed by atoms with van der Waals surface area (Å²) in [4.78, 5) is 20.3. The molecule has 0 atom stereocenters. The van der Waals surface area contributed by atoms with Crippen molar-refractivity contribution in [2.75, 3.05) is 4.43 Å². The van der Waals surface area contributed by atoms with E-state index in [-0.39, 0.29) is 18.6 Å². The predicted octanol–water partition coefficient (Wildman–Crippen LogP) is 0.855. The summed E-state index contributed by atoms with van der Waals surface area (Å²) in [5.74, 6) is -0.911. The number of ketones is 1. The van der Waals surface area contributed by atoms with Crippen molar-refractivity contribution >= 4 is 34.3 Å². The van der Waals surface area contributed by atoms with Crippen LogP contribution in [0.15, 0.2) is 0 Å². The lowest BCUT2D eigenvalue weighted by atomic mass is 10.2. The summed E-state index contributed by atoms with van der Waals surface area (Å²) in [6.07, 6.45) is 0.125. The number of halogens is 1. The van der Waals surface area contributed by atoms with E-state index in [4.69, 9.17) is 5.11 Å². The fourth-order valence-electron chi connectivity index (χ4n) is 0.313. The van der Waals surface area contributed by atoms with Gasteiger partial charge in [-0.1, -0.05) is 22.6 Å². The third-order valence-corrected chi connectivity index (χ3v) is 1.62. The molecule has 0 bridgehead atoms. The van der Waals surface area contributed by atoms with Crippen molar-refractivity contribution in [3.8, 4) is 0 Å². The van der Waals surface area contributed by atoms with Gasteiger partial charge >= 0.3 is 5.97 Å². The first kappa shape index (κ1) is 8.87. The second-order valence-electron chi connectivity index (χ2n) is 1.57. The molecule has 3 nitrogen and oxygen atoms in total. The Kier molecular flexibility index (Phi) is 4.65. The first-order valence-corrected chi connectivity index (χ1v) is 3.99. The lowest BCUT2D eigenvalue weighted by Crippen LogP contribution is -2.03. The average molecular weight is 242 g/mol. The van der Waals surface area contributed by atoms with Gasteiger partial charge in [-0.2, -0.15) is 0 Å². The van der Waals surface area contributed by atoms with Gasteiger partial charge in [0.25, 0.3) is 0 Å². The highest BCUT2D eigenvalue weighted by molar-refractivity contribution is 14.1. The molecule has 0 heterocycles. The Hall–Kier alpha value is -0.130. The van der Waals surface area contributed by atoms with E-state index in [0.29, 0.717) is 4.43 Å². The van der Waals surface area contributed by atoms with Gasteiger partial charge in [-0.05, 0) is 0 Å². The molecule has 0 aromatic rings. The van der Waals surface area contributed by atoms with Crippen LogP contribution in [-0.4, -0.2) is 21.3 Å². The molecule has 0 amide bonds. The molecule has 0 aromatic heterocycles. The first-order chi connectivity index (χ1) is 4.16. The number of aliphatic carboxylic acids is 1. The SMILES string of the molecule is O=C(O)CCC(=O)CI. The van der Waals surface area contributed by atoms with Crippen LogP contribution >= 0.6 is 22.6 Å². The van der Waals surface area contributed by atoms with Crippen molar-refractivity contribution in [3.63, 3.8) is 0 Å². The van der Waals surface area contributed by atoms with E-state index in [1.807, 2.05) is 22.6 Å². The van der Waals surface area contributed by atoms with E-state index in [9.17, 15) is 9.59 Å². The quantitative estimate of drug-likeness (QED) is 0.587. The van der Waals surface area contributed by atoms with Crippen LogP contribution < -0.4 is 0 Å². The van der Waals surface area contributed by atoms with Gasteiger partial charge in [0, 0.05) is 6.42 Å². The maximum atomic E-state index is 10.4. The van der Waals surface area contributed by atoms with Crippen LogP contribution in [0.2, 0.25) is 0 Å². The van der Waals surface area contributed by atoms with E-state index < -0.39 is 5.97 Å². The van der Waals surface area contributed by atoms with Gasteiger partial charge in [0.1, 0.15) is 5.78 Å². The molecule has 0 spiro atoms. The molecule has 0 saturated heterocycles. The number of Topliss-reactive ketones (excluding diaryl/α,β-unsaturated/α-hetero) is 1. The molecule has 0 rings (SSSR count). The van der Waals surface area contributed by atoms with Gasteiger partial charge in [-0.25, -0.2) is 0 Å². The molecule has 4 heteroatoms. The summed E-state index contributed by atoms with van der Waals surface area (Å²) in [6, 6.07) is 0. The Morgan fingerprint density at radius 2 is 1.89 bits per heavy atom. The van der Waals surface area contributed by atoms with Gasteiger partial charge < -0.3 is 5.11 Å². The van der Waals surface area contributed by atoms with Crippen molar-refractivity contribution in [1.29, 1.82) is 0 Å². The molecular formula is C5H7IO3. The minimum Gasteiger partial charge on any atom is -0.481 e. The molecule has 0 aliphatic carbocycles. The van der Waals surface area contributed by atoms with Gasteiger partial charge in [0.05, 0.1) is 10.8 Å². The molecule has 0 saturated carbocycles. The van der Waals surface area contributed by atoms with Crippen molar-refractivity contribution in [1.82, 2.24) is 0 Å². The lowest BCUT2D eigenvalue weighted by Gasteiger charge is -1.89. The van der Waals surface area contributed by atoms with Crippen molar-refractivity contribution in [2.45, 2.75) is 12.8 Å². The maximum Gasteiger partial charge on any atom is 0.303 e. The molecule has 0 unspecified atom stereocenters. The minimum absolute atomic E-state index is 0.00185. The van der Waals surface area contributed by atoms with Crippen LogP contribution in [0.25, 0.3) is 0 Å². The largest absolute Gasteiger partial charge is 0.481 e. The topological polar surface area (TPSA) is 54.4 Å². The average Bonchev–Trinajstić information content (AvgIpc) is 1.83. The van der Waals surface area contributed by atoms with Crippen molar-refractivity contribution in [3.05, 3.63) is 0 Å². The summed E-state index contributed by atoms with van der Waals surface area (Å²) >= 11 is 1.92. The Morgan fingerprint density at radius 3 is 2.22 bits per heavy atom. The number of carboxylic acids is 1. The number of rotatable bonds is 4. The maximum absolute atomic E-state index is 10.4. The molecule has 52 valence electrons. The number of hydrogen-bond donors (Lipinski definition) is 1. The Morgan fingerprint density at radius 1 is 1.33 bits per heavy atom. The molecule has 1 N–H and O–H groups in total. The highest BCUT2D eigenvalue weighted by atomic mass is 127. The third kappa shape index (κ3) is 5.75. The van der Waals surface area contributed by atoms with E-state index in [1.54, 1.807) is 0 Å². The van der Waals surface area contributed by atoms with Crippen LogP contribution in [0, 0.1) is 0 Å². The number of alkyl halides is 1. The number of hydrogen-bond acceptors (Lipinski definition) is 2. The molecule has 9 heavy (non-hydrogen) atoms. The number of carbonyl (C=O) groups excluding carboxylic acids is 1. The minimum atomic E-state index is -0.909. The molecule has 0 aromatic carbocycles.